The number of benzene rings is 1. The van der Waals surface area contributed by atoms with Crippen molar-refractivity contribution in [3.05, 3.63) is 28.2 Å². The van der Waals surface area contributed by atoms with Crippen LogP contribution in [0.1, 0.15) is 37.8 Å². The van der Waals surface area contributed by atoms with Gasteiger partial charge < -0.3 is 10.5 Å². The van der Waals surface area contributed by atoms with Crippen LogP contribution in [0.25, 0.3) is 0 Å². The molecule has 18 heavy (non-hydrogen) atoms. The molecule has 1 aromatic carbocycles. The Balaban J connectivity index is 2.09. The second-order valence-electron chi connectivity index (χ2n) is 5.09. The number of nitrogens with two attached hydrogens (primary N) is 1. The lowest BCUT2D eigenvalue weighted by Gasteiger charge is -2.17. The number of ether oxygens (including phenoxy) is 1. The molecular formula is C14H17BrN2O. The summed E-state index contributed by atoms with van der Waals surface area (Å²) in [6.07, 6.45) is 2.75. The largest absolute Gasteiger partial charge is 0.493 e. The van der Waals surface area contributed by atoms with Gasteiger partial charge in [-0.25, -0.2) is 0 Å². The van der Waals surface area contributed by atoms with Crippen molar-refractivity contribution in [3.63, 3.8) is 0 Å². The van der Waals surface area contributed by atoms with Gasteiger partial charge in [-0.1, -0.05) is 22.0 Å². The van der Waals surface area contributed by atoms with Crippen molar-refractivity contribution in [3.8, 4) is 11.8 Å². The van der Waals surface area contributed by atoms with Crippen LogP contribution in [-0.4, -0.2) is 6.61 Å². The van der Waals surface area contributed by atoms with Crippen LogP contribution < -0.4 is 10.5 Å². The third-order valence-electron chi connectivity index (χ3n) is 3.41. The Hall–Kier alpha value is -1.05. The first-order valence-corrected chi connectivity index (χ1v) is 6.90. The van der Waals surface area contributed by atoms with Gasteiger partial charge in [-0.15, -0.1) is 0 Å². The summed E-state index contributed by atoms with van der Waals surface area (Å²) in [5, 5.41) is 8.79. The van der Waals surface area contributed by atoms with E-state index in [1.165, 1.54) is 0 Å². The minimum Gasteiger partial charge on any atom is -0.493 e. The molecule has 0 heterocycles. The smallest absolute Gasteiger partial charge is 0.125 e. The molecule has 1 atom stereocenters. The summed E-state index contributed by atoms with van der Waals surface area (Å²) in [6, 6.07) is 8.08. The zero-order valence-corrected chi connectivity index (χ0v) is 12.0. The van der Waals surface area contributed by atoms with Gasteiger partial charge in [0.05, 0.1) is 12.7 Å². The highest BCUT2D eigenvalue weighted by atomic mass is 79.9. The number of hydrogen-bond donors (Lipinski definition) is 1. The van der Waals surface area contributed by atoms with Crippen molar-refractivity contribution in [2.75, 3.05) is 6.61 Å². The summed E-state index contributed by atoms with van der Waals surface area (Å²) in [6.45, 7) is 2.55. The molecule has 0 aromatic heterocycles. The summed E-state index contributed by atoms with van der Waals surface area (Å²) < 4.78 is 6.88. The van der Waals surface area contributed by atoms with E-state index in [2.05, 4.69) is 22.0 Å². The molecule has 0 bridgehead atoms. The molecule has 0 spiro atoms. The normalized spacial score (nSPS) is 17.9. The topological polar surface area (TPSA) is 59.0 Å². The molecule has 1 aliphatic rings. The summed E-state index contributed by atoms with van der Waals surface area (Å²) in [5.74, 6) is 0.823. The lowest BCUT2D eigenvalue weighted by atomic mass is 10.0. The van der Waals surface area contributed by atoms with E-state index >= 15 is 0 Å². The Morgan fingerprint density at radius 1 is 1.56 bits per heavy atom. The highest BCUT2D eigenvalue weighted by molar-refractivity contribution is 9.10. The van der Waals surface area contributed by atoms with Crippen molar-refractivity contribution in [2.45, 2.75) is 32.2 Å². The van der Waals surface area contributed by atoms with Crippen LogP contribution in [0.3, 0.4) is 0 Å². The van der Waals surface area contributed by atoms with Gasteiger partial charge in [0.25, 0.3) is 0 Å². The second kappa shape index (κ2) is 5.29. The fraction of sp³-hybridized carbons (Fsp3) is 0.500. The minimum atomic E-state index is -0.0563. The maximum atomic E-state index is 8.79. The van der Waals surface area contributed by atoms with Gasteiger partial charge in [-0.05, 0) is 31.9 Å². The predicted molar refractivity (Wildman–Crippen MR) is 74.1 cm³/mol. The average Bonchev–Trinajstić information content (AvgIpc) is 3.07. The SMILES string of the molecule is C[C@@H](N)c1ccc(Br)cc1OCC1(CC#N)CC1. The summed E-state index contributed by atoms with van der Waals surface area (Å²) in [7, 11) is 0. The molecule has 1 saturated carbocycles. The van der Waals surface area contributed by atoms with Gasteiger partial charge in [0, 0.05) is 27.9 Å². The first-order valence-electron chi connectivity index (χ1n) is 6.11. The Morgan fingerprint density at radius 3 is 2.83 bits per heavy atom. The maximum Gasteiger partial charge on any atom is 0.125 e. The number of hydrogen-bond acceptors (Lipinski definition) is 3. The molecule has 1 aromatic rings. The van der Waals surface area contributed by atoms with Crippen LogP contribution in [0, 0.1) is 16.7 Å². The first-order chi connectivity index (χ1) is 8.56. The molecule has 1 aliphatic carbocycles. The number of nitriles is 1. The Morgan fingerprint density at radius 2 is 2.28 bits per heavy atom. The van der Waals surface area contributed by atoms with Crippen molar-refractivity contribution < 1.29 is 4.74 Å². The number of halogens is 1. The van der Waals surface area contributed by atoms with Gasteiger partial charge in [0.15, 0.2) is 0 Å². The lowest BCUT2D eigenvalue weighted by Crippen LogP contribution is -2.15. The Bertz CT molecular complexity index is 475. The zero-order valence-electron chi connectivity index (χ0n) is 10.4. The lowest BCUT2D eigenvalue weighted by molar-refractivity contribution is 0.234. The molecule has 96 valence electrons. The van der Waals surface area contributed by atoms with E-state index in [1.54, 1.807) is 0 Å². The molecule has 3 nitrogen and oxygen atoms in total. The fourth-order valence-electron chi connectivity index (χ4n) is 1.96. The van der Waals surface area contributed by atoms with Crippen LogP contribution in [0.2, 0.25) is 0 Å². The second-order valence-corrected chi connectivity index (χ2v) is 6.01. The maximum absolute atomic E-state index is 8.79. The van der Waals surface area contributed by atoms with E-state index in [-0.39, 0.29) is 11.5 Å². The summed E-state index contributed by atoms with van der Waals surface area (Å²) in [4.78, 5) is 0. The van der Waals surface area contributed by atoms with Crippen LogP contribution in [0.4, 0.5) is 0 Å². The first kappa shape index (κ1) is 13.4. The predicted octanol–water partition coefficient (Wildman–Crippen LogP) is 3.54. The molecule has 2 rings (SSSR count). The van der Waals surface area contributed by atoms with Crippen LogP contribution >= 0.6 is 15.9 Å². The molecule has 4 heteroatoms. The van der Waals surface area contributed by atoms with Gasteiger partial charge in [0.1, 0.15) is 5.75 Å². The van der Waals surface area contributed by atoms with Crippen LogP contribution in [0.15, 0.2) is 22.7 Å². The number of rotatable bonds is 5. The Labute approximate surface area is 116 Å². The van der Waals surface area contributed by atoms with Crippen molar-refractivity contribution in [2.24, 2.45) is 11.1 Å². The molecule has 0 amide bonds. The quantitative estimate of drug-likeness (QED) is 0.905. The van der Waals surface area contributed by atoms with Gasteiger partial charge in [-0.3, -0.25) is 0 Å². The highest BCUT2D eigenvalue weighted by Crippen LogP contribution is 2.49. The van der Waals surface area contributed by atoms with Crippen molar-refractivity contribution in [1.29, 1.82) is 5.26 Å². The molecule has 0 unspecified atom stereocenters. The van der Waals surface area contributed by atoms with Crippen molar-refractivity contribution in [1.82, 2.24) is 0 Å². The zero-order chi connectivity index (χ0) is 13.2. The van der Waals surface area contributed by atoms with E-state index in [1.807, 2.05) is 25.1 Å². The van der Waals surface area contributed by atoms with Gasteiger partial charge in [-0.2, -0.15) is 5.26 Å². The third kappa shape index (κ3) is 3.04. The standard InChI is InChI=1S/C14H17BrN2O/c1-10(17)12-3-2-11(15)8-13(12)18-9-14(4-5-14)6-7-16/h2-3,8,10H,4-6,9,17H2,1H3/t10-/m1/s1. The van der Waals surface area contributed by atoms with Gasteiger partial charge in [0.2, 0.25) is 0 Å². The summed E-state index contributed by atoms with van der Waals surface area (Å²) >= 11 is 3.44. The molecule has 0 saturated heterocycles. The van der Waals surface area contributed by atoms with Gasteiger partial charge >= 0.3 is 0 Å². The molecule has 1 fully saturated rings. The van der Waals surface area contributed by atoms with Crippen LogP contribution in [0.5, 0.6) is 5.75 Å². The molecule has 0 aliphatic heterocycles. The average molecular weight is 309 g/mol. The van der Waals surface area contributed by atoms with E-state index in [0.29, 0.717) is 13.0 Å². The number of nitrogens with zero attached hydrogens (tertiary/aromatic N) is 1. The molecular weight excluding hydrogens is 292 g/mol. The van der Waals surface area contributed by atoms with E-state index in [0.717, 1.165) is 28.6 Å². The molecule has 2 N–H and O–H groups in total. The summed E-state index contributed by atoms with van der Waals surface area (Å²) in [5.41, 5.74) is 7.03. The van der Waals surface area contributed by atoms with Crippen LogP contribution in [-0.2, 0) is 0 Å². The van der Waals surface area contributed by atoms with Crippen molar-refractivity contribution >= 4 is 15.9 Å². The monoisotopic (exact) mass is 308 g/mol. The van der Waals surface area contributed by atoms with E-state index < -0.39 is 0 Å². The molecule has 0 radical (unpaired) electrons. The van der Waals surface area contributed by atoms with E-state index in [9.17, 15) is 0 Å². The fourth-order valence-corrected chi connectivity index (χ4v) is 2.30. The van der Waals surface area contributed by atoms with E-state index in [4.69, 9.17) is 15.7 Å². The highest BCUT2D eigenvalue weighted by Gasteiger charge is 2.43. The Kier molecular flexibility index (Phi) is 3.94. The minimum absolute atomic E-state index is 0.0563. The third-order valence-corrected chi connectivity index (χ3v) is 3.90.